The number of aromatic nitrogens is 1. The van der Waals surface area contributed by atoms with Crippen LogP contribution in [0.25, 0.3) is 0 Å². The Kier molecular flexibility index (Phi) is 4.32. The zero-order valence-corrected chi connectivity index (χ0v) is 13.1. The SMILES string of the molecule is CC(C)CNc1ccc(NC(=O)c2ccc3c(c2)OCO3)cn1. The second kappa shape index (κ2) is 6.56. The van der Waals surface area contributed by atoms with E-state index in [0.717, 1.165) is 12.4 Å². The molecule has 6 heteroatoms. The monoisotopic (exact) mass is 313 g/mol. The Bertz CT molecular complexity index is 699. The van der Waals surface area contributed by atoms with Crippen molar-refractivity contribution in [3.05, 3.63) is 42.1 Å². The summed E-state index contributed by atoms with van der Waals surface area (Å²) in [5.41, 5.74) is 1.15. The number of benzene rings is 1. The number of fused-ring (bicyclic) bond motifs is 1. The fourth-order valence-electron chi connectivity index (χ4n) is 2.12. The predicted octanol–water partition coefficient (Wildman–Crippen LogP) is 3.13. The maximum absolute atomic E-state index is 12.3. The summed E-state index contributed by atoms with van der Waals surface area (Å²) < 4.78 is 10.5. The van der Waals surface area contributed by atoms with Crippen LogP contribution < -0.4 is 20.1 Å². The third kappa shape index (κ3) is 3.71. The van der Waals surface area contributed by atoms with E-state index in [0.29, 0.717) is 28.7 Å². The van der Waals surface area contributed by atoms with E-state index in [-0.39, 0.29) is 12.7 Å². The van der Waals surface area contributed by atoms with Crippen molar-refractivity contribution in [2.24, 2.45) is 5.92 Å². The number of carbonyl (C=O) groups excluding carboxylic acids is 1. The summed E-state index contributed by atoms with van der Waals surface area (Å²) in [6, 6.07) is 8.77. The molecule has 23 heavy (non-hydrogen) atoms. The normalized spacial score (nSPS) is 12.3. The molecule has 2 heterocycles. The van der Waals surface area contributed by atoms with Gasteiger partial charge >= 0.3 is 0 Å². The van der Waals surface area contributed by atoms with Crippen LogP contribution in [0.15, 0.2) is 36.5 Å². The number of amides is 1. The lowest BCUT2D eigenvalue weighted by atomic mass is 10.2. The molecule has 0 spiro atoms. The minimum atomic E-state index is -0.215. The van der Waals surface area contributed by atoms with Crippen molar-refractivity contribution < 1.29 is 14.3 Å². The van der Waals surface area contributed by atoms with E-state index in [1.807, 2.05) is 12.1 Å². The molecule has 1 aromatic heterocycles. The Balaban J connectivity index is 1.63. The summed E-state index contributed by atoms with van der Waals surface area (Å²) in [5.74, 6) is 2.36. The molecule has 0 unspecified atom stereocenters. The number of hydrogen-bond acceptors (Lipinski definition) is 5. The number of ether oxygens (including phenoxy) is 2. The van der Waals surface area contributed by atoms with Gasteiger partial charge in [0.1, 0.15) is 5.82 Å². The third-order valence-electron chi connectivity index (χ3n) is 3.35. The van der Waals surface area contributed by atoms with E-state index in [4.69, 9.17) is 9.47 Å². The van der Waals surface area contributed by atoms with Gasteiger partial charge in [-0.15, -0.1) is 0 Å². The van der Waals surface area contributed by atoms with Gasteiger partial charge in [-0.1, -0.05) is 13.8 Å². The molecule has 3 rings (SSSR count). The number of nitrogens with one attached hydrogen (secondary N) is 2. The molecular weight excluding hydrogens is 294 g/mol. The highest BCUT2D eigenvalue weighted by Crippen LogP contribution is 2.32. The van der Waals surface area contributed by atoms with Gasteiger partial charge in [-0.2, -0.15) is 0 Å². The van der Waals surface area contributed by atoms with Gasteiger partial charge in [-0.25, -0.2) is 4.98 Å². The van der Waals surface area contributed by atoms with Crippen LogP contribution in [0.2, 0.25) is 0 Å². The number of nitrogens with zero attached hydrogens (tertiary/aromatic N) is 1. The smallest absolute Gasteiger partial charge is 0.255 e. The number of pyridine rings is 1. The standard InChI is InChI=1S/C17H19N3O3/c1-11(2)8-18-16-6-4-13(9-19-16)20-17(21)12-3-5-14-15(7-12)23-10-22-14/h3-7,9,11H,8,10H2,1-2H3,(H,18,19)(H,20,21). The molecule has 1 aliphatic rings. The fraction of sp³-hybridized carbons (Fsp3) is 0.294. The Labute approximate surface area is 134 Å². The van der Waals surface area contributed by atoms with E-state index in [1.165, 1.54) is 0 Å². The predicted molar refractivity (Wildman–Crippen MR) is 88.1 cm³/mol. The van der Waals surface area contributed by atoms with Crippen molar-refractivity contribution in [2.45, 2.75) is 13.8 Å². The third-order valence-corrected chi connectivity index (χ3v) is 3.35. The summed E-state index contributed by atoms with van der Waals surface area (Å²) in [4.78, 5) is 16.5. The van der Waals surface area contributed by atoms with Crippen LogP contribution in [0.1, 0.15) is 24.2 Å². The highest BCUT2D eigenvalue weighted by Gasteiger charge is 2.16. The van der Waals surface area contributed by atoms with Crippen LogP contribution in [-0.2, 0) is 0 Å². The average molecular weight is 313 g/mol. The highest BCUT2D eigenvalue weighted by atomic mass is 16.7. The van der Waals surface area contributed by atoms with Crippen LogP contribution in [0, 0.1) is 5.92 Å². The second-order valence-corrected chi connectivity index (χ2v) is 5.73. The van der Waals surface area contributed by atoms with Crippen molar-refractivity contribution >= 4 is 17.4 Å². The maximum Gasteiger partial charge on any atom is 0.255 e. The molecule has 1 aromatic carbocycles. The first-order chi connectivity index (χ1) is 11.1. The lowest BCUT2D eigenvalue weighted by molar-refractivity contribution is 0.102. The van der Waals surface area contributed by atoms with Crippen molar-refractivity contribution in [3.8, 4) is 11.5 Å². The van der Waals surface area contributed by atoms with Gasteiger partial charge in [-0.05, 0) is 36.2 Å². The van der Waals surface area contributed by atoms with Crippen LogP contribution in [0.4, 0.5) is 11.5 Å². The molecule has 120 valence electrons. The molecule has 0 fully saturated rings. The molecule has 0 radical (unpaired) electrons. The fourth-order valence-corrected chi connectivity index (χ4v) is 2.12. The number of rotatable bonds is 5. The van der Waals surface area contributed by atoms with Crippen LogP contribution in [0.5, 0.6) is 11.5 Å². The Hall–Kier alpha value is -2.76. The summed E-state index contributed by atoms with van der Waals surface area (Å²) >= 11 is 0. The van der Waals surface area contributed by atoms with E-state index < -0.39 is 0 Å². The maximum atomic E-state index is 12.3. The quantitative estimate of drug-likeness (QED) is 0.887. The Morgan fingerprint density at radius 1 is 1.22 bits per heavy atom. The molecule has 1 aliphatic heterocycles. The highest BCUT2D eigenvalue weighted by molar-refractivity contribution is 6.04. The lowest BCUT2D eigenvalue weighted by Crippen LogP contribution is -2.13. The molecule has 0 saturated heterocycles. The second-order valence-electron chi connectivity index (χ2n) is 5.73. The Morgan fingerprint density at radius 3 is 2.78 bits per heavy atom. The first-order valence-corrected chi connectivity index (χ1v) is 7.53. The first kappa shape index (κ1) is 15.1. The van der Waals surface area contributed by atoms with Crippen molar-refractivity contribution in [1.29, 1.82) is 0 Å². The molecule has 2 aromatic rings. The lowest BCUT2D eigenvalue weighted by Gasteiger charge is -2.09. The summed E-state index contributed by atoms with van der Waals surface area (Å²) in [6.45, 7) is 5.31. The summed E-state index contributed by atoms with van der Waals surface area (Å²) in [6.07, 6.45) is 1.63. The van der Waals surface area contributed by atoms with Gasteiger partial charge in [0.25, 0.3) is 5.91 Å². The molecule has 0 saturated carbocycles. The van der Waals surface area contributed by atoms with Gasteiger partial charge in [0.05, 0.1) is 11.9 Å². The zero-order valence-electron chi connectivity index (χ0n) is 13.1. The van der Waals surface area contributed by atoms with E-state index >= 15 is 0 Å². The van der Waals surface area contributed by atoms with E-state index in [9.17, 15) is 4.79 Å². The van der Waals surface area contributed by atoms with Gasteiger partial charge in [0.2, 0.25) is 6.79 Å². The molecule has 0 atom stereocenters. The largest absolute Gasteiger partial charge is 0.454 e. The number of carbonyl (C=O) groups is 1. The van der Waals surface area contributed by atoms with E-state index in [1.54, 1.807) is 24.4 Å². The molecular formula is C17H19N3O3. The van der Waals surface area contributed by atoms with Gasteiger partial charge < -0.3 is 20.1 Å². The van der Waals surface area contributed by atoms with Gasteiger partial charge in [0, 0.05) is 12.1 Å². The van der Waals surface area contributed by atoms with Crippen LogP contribution >= 0.6 is 0 Å². The Morgan fingerprint density at radius 2 is 2.04 bits per heavy atom. The van der Waals surface area contributed by atoms with Gasteiger partial charge in [0.15, 0.2) is 11.5 Å². The van der Waals surface area contributed by atoms with Crippen LogP contribution in [0.3, 0.4) is 0 Å². The van der Waals surface area contributed by atoms with E-state index in [2.05, 4.69) is 29.5 Å². The molecule has 1 amide bonds. The molecule has 0 aliphatic carbocycles. The summed E-state index contributed by atoms with van der Waals surface area (Å²) in [5, 5.41) is 6.05. The van der Waals surface area contributed by atoms with Crippen molar-refractivity contribution in [2.75, 3.05) is 24.0 Å². The first-order valence-electron chi connectivity index (χ1n) is 7.53. The van der Waals surface area contributed by atoms with Crippen molar-refractivity contribution in [1.82, 2.24) is 4.98 Å². The molecule has 0 bridgehead atoms. The van der Waals surface area contributed by atoms with Gasteiger partial charge in [-0.3, -0.25) is 4.79 Å². The topological polar surface area (TPSA) is 72.5 Å². The summed E-state index contributed by atoms with van der Waals surface area (Å²) in [7, 11) is 0. The minimum Gasteiger partial charge on any atom is -0.454 e. The molecule has 2 N–H and O–H groups in total. The zero-order chi connectivity index (χ0) is 16.2. The minimum absolute atomic E-state index is 0.190. The molecule has 6 nitrogen and oxygen atoms in total. The van der Waals surface area contributed by atoms with Crippen LogP contribution in [-0.4, -0.2) is 24.2 Å². The number of hydrogen-bond donors (Lipinski definition) is 2. The average Bonchev–Trinajstić information content (AvgIpc) is 3.01. The van der Waals surface area contributed by atoms with Crippen molar-refractivity contribution in [3.63, 3.8) is 0 Å². The number of anilines is 2.